The van der Waals surface area contributed by atoms with Crippen molar-refractivity contribution >= 4 is 11.9 Å². The molecule has 6 heteroatoms. The molecule has 0 spiro atoms. The predicted octanol–water partition coefficient (Wildman–Crippen LogP) is 2.65. The second-order valence-electron chi connectivity index (χ2n) is 4.01. The summed E-state index contributed by atoms with van der Waals surface area (Å²) in [6.07, 6.45) is 7.15. The van der Waals surface area contributed by atoms with Gasteiger partial charge >= 0.3 is 5.97 Å². The van der Waals surface area contributed by atoms with E-state index in [1.54, 1.807) is 5.94 Å². The van der Waals surface area contributed by atoms with Crippen molar-refractivity contribution in [2.45, 2.75) is 32.2 Å². The van der Waals surface area contributed by atoms with Gasteiger partial charge < -0.3 is 4.74 Å². The van der Waals surface area contributed by atoms with Gasteiger partial charge in [-0.15, -0.1) is 0 Å². The summed E-state index contributed by atoms with van der Waals surface area (Å²) in [4.78, 5) is 25.0. The fourth-order valence-electron chi connectivity index (χ4n) is 1.58. The molecular weight excluding hydrogens is 246 g/mol. The van der Waals surface area contributed by atoms with E-state index >= 15 is 0 Å². The highest BCUT2D eigenvalue weighted by Gasteiger charge is 2.18. The van der Waals surface area contributed by atoms with E-state index in [0.29, 0.717) is 6.61 Å². The molecule has 1 aliphatic rings. The number of azide groups is 1. The quantitative estimate of drug-likeness (QED) is 0.184. The Morgan fingerprint density at radius 1 is 1.53 bits per heavy atom. The summed E-state index contributed by atoms with van der Waals surface area (Å²) in [5.74, 6) is 1.20. The smallest absolute Gasteiger partial charge is 0.337 e. The standard InChI is InChI=1S/C13H15N3O3/c1-2-3-4-7-19-13(18)10-5-6-11(9-17)12(8-10)15-16-14/h5-6,8,12H,2-4,7H2,1H3. The molecule has 0 radical (unpaired) electrons. The maximum atomic E-state index is 11.7. The molecule has 0 bridgehead atoms. The SMILES string of the molecule is CCCCCOC(=O)C1=CC(N=[N+]=[N-])C(=C=O)C=C1. The Kier molecular flexibility index (Phi) is 6.16. The molecule has 1 rings (SSSR count). The minimum absolute atomic E-state index is 0.195. The third kappa shape index (κ3) is 4.47. The molecule has 0 aromatic rings. The van der Waals surface area contributed by atoms with Gasteiger partial charge in [0.05, 0.1) is 18.2 Å². The van der Waals surface area contributed by atoms with E-state index < -0.39 is 12.0 Å². The van der Waals surface area contributed by atoms with Crippen LogP contribution in [0.4, 0.5) is 0 Å². The number of carbonyl (C=O) groups excluding carboxylic acids is 2. The molecule has 0 heterocycles. The van der Waals surface area contributed by atoms with Gasteiger partial charge in [0.2, 0.25) is 0 Å². The molecule has 1 unspecified atom stereocenters. The highest BCUT2D eigenvalue weighted by molar-refractivity contribution is 5.93. The highest BCUT2D eigenvalue weighted by atomic mass is 16.5. The Balaban J connectivity index is 2.67. The van der Waals surface area contributed by atoms with Gasteiger partial charge in [0, 0.05) is 10.5 Å². The molecule has 6 nitrogen and oxygen atoms in total. The molecule has 1 aliphatic carbocycles. The number of unbranched alkanes of at least 4 members (excludes halogenated alkanes) is 2. The van der Waals surface area contributed by atoms with E-state index in [0.717, 1.165) is 19.3 Å². The summed E-state index contributed by atoms with van der Waals surface area (Å²) >= 11 is 0. The van der Waals surface area contributed by atoms with Crippen molar-refractivity contribution in [1.29, 1.82) is 0 Å². The normalized spacial score (nSPS) is 17.2. The Morgan fingerprint density at radius 2 is 2.32 bits per heavy atom. The topological polar surface area (TPSA) is 92.1 Å². The third-order valence-electron chi connectivity index (χ3n) is 2.61. The summed E-state index contributed by atoms with van der Waals surface area (Å²) in [7, 11) is 0. The van der Waals surface area contributed by atoms with Crippen LogP contribution in [0.15, 0.2) is 34.5 Å². The molecule has 0 fully saturated rings. The van der Waals surface area contributed by atoms with E-state index in [1.807, 2.05) is 0 Å². The van der Waals surface area contributed by atoms with E-state index in [1.165, 1.54) is 18.2 Å². The van der Waals surface area contributed by atoms with Crippen LogP contribution in [0.25, 0.3) is 10.4 Å². The number of hydrogen-bond donors (Lipinski definition) is 0. The first-order chi connectivity index (χ1) is 9.22. The number of ether oxygens (including phenoxy) is 1. The summed E-state index contributed by atoms with van der Waals surface area (Å²) < 4.78 is 5.08. The molecular formula is C13H15N3O3. The summed E-state index contributed by atoms with van der Waals surface area (Å²) in [5.41, 5.74) is 8.88. The second-order valence-corrected chi connectivity index (χ2v) is 4.01. The van der Waals surface area contributed by atoms with Gasteiger partial charge in [0.15, 0.2) is 0 Å². The molecule has 100 valence electrons. The number of rotatable bonds is 6. The molecule has 19 heavy (non-hydrogen) atoms. The van der Waals surface area contributed by atoms with Crippen LogP contribution in [0.1, 0.15) is 26.2 Å². The zero-order valence-electron chi connectivity index (χ0n) is 10.7. The zero-order chi connectivity index (χ0) is 14.1. The first-order valence-corrected chi connectivity index (χ1v) is 6.09. The molecule has 0 saturated carbocycles. The van der Waals surface area contributed by atoms with Crippen LogP contribution in [-0.4, -0.2) is 24.6 Å². The van der Waals surface area contributed by atoms with Crippen LogP contribution in [0.3, 0.4) is 0 Å². The van der Waals surface area contributed by atoms with Crippen LogP contribution >= 0.6 is 0 Å². The predicted molar refractivity (Wildman–Crippen MR) is 69.8 cm³/mol. The van der Waals surface area contributed by atoms with Gasteiger partial charge in [-0.3, -0.25) is 0 Å². The average molecular weight is 261 g/mol. The third-order valence-corrected chi connectivity index (χ3v) is 2.61. The van der Waals surface area contributed by atoms with E-state index in [2.05, 4.69) is 16.9 Å². The van der Waals surface area contributed by atoms with Crippen molar-refractivity contribution in [2.75, 3.05) is 6.61 Å². The minimum atomic E-state index is -0.800. The number of carbonyl (C=O) groups is 1. The Bertz CT molecular complexity index is 495. The van der Waals surface area contributed by atoms with Crippen LogP contribution in [0.2, 0.25) is 0 Å². The zero-order valence-corrected chi connectivity index (χ0v) is 10.7. The average Bonchev–Trinajstić information content (AvgIpc) is 2.43. The molecule has 0 amide bonds. The lowest BCUT2D eigenvalue weighted by atomic mass is 9.99. The van der Waals surface area contributed by atoms with Gasteiger partial charge in [0.25, 0.3) is 0 Å². The van der Waals surface area contributed by atoms with Crippen molar-refractivity contribution < 1.29 is 14.3 Å². The molecule has 0 aromatic carbocycles. The lowest BCUT2D eigenvalue weighted by molar-refractivity contribution is -0.138. The molecule has 0 N–H and O–H groups in total. The second kappa shape index (κ2) is 7.93. The number of nitrogens with zero attached hydrogens (tertiary/aromatic N) is 3. The van der Waals surface area contributed by atoms with Crippen molar-refractivity contribution in [2.24, 2.45) is 5.11 Å². The van der Waals surface area contributed by atoms with Crippen molar-refractivity contribution in [1.82, 2.24) is 0 Å². The van der Waals surface area contributed by atoms with Gasteiger partial charge in [-0.2, -0.15) is 0 Å². The van der Waals surface area contributed by atoms with Crippen molar-refractivity contribution in [3.63, 3.8) is 0 Å². The maximum absolute atomic E-state index is 11.7. The first-order valence-electron chi connectivity index (χ1n) is 6.09. The lowest BCUT2D eigenvalue weighted by Gasteiger charge is -2.12. The van der Waals surface area contributed by atoms with Crippen LogP contribution < -0.4 is 0 Å². The monoisotopic (exact) mass is 261 g/mol. The fourth-order valence-corrected chi connectivity index (χ4v) is 1.58. The molecule has 0 aliphatic heterocycles. The summed E-state index contributed by atoms with van der Waals surface area (Å²) in [6, 6.07) is -0.800. The van der Waals surface area contributed by atoms with Gasteiger partial charge in [0.1, 0.15) is 5.94 Å². The van der Waals surface area contributed by atoms with E-state index in [9.17, 15) is 9.59 Å². The van der Waals surface area contributed by atoms with E-state index in [-0.39, 0.29) is 11.1 Å². The number of hydrogen-bond acceptors (Lipinski definition) is 4. The summed E-state index contributed by atoms with van der Waals surface area (Å²) in [5, 5.41) is 3.42. The Labute approximate surface area is 111 Å². The highest BCUT2D eigenvalue weighted by Crippen LogP contribution is 2.18. The van der Waals surface area contributed by atoms with Crippen molar-refractivity contribution in [3.05, 3.63) is 39.8 Å². The van der Waals surface area contributed by atoms with Gasteiger partial charge in [-0.05, 0) is 24.1 Å². The van der Waals surface area contributed by atoms with Gasteiger partial charge in [-0.25, -0.2) is 9.59 Å². The van der Waals surface area contributed by atoms with Crippen LogP contribution in [0, 0.1) is 0 Å². The number of esters is 1. The Hall–Kier alpha value is -2.29. The Morgan fingerprint density at radius 3 is 2.95 bits per heavy atom. The lowest BCUT2D eigenvalue weighted by Crippen LogP contribution is -2.14. The van der Waals surface area contributed by atoms with Gasteiger partial charge in [-0.1, -0.05) is 31.0 Å². The summed E-state index contributed by atoms with van der Waals surface area (Å²) in [6.45, 7) is 2.42. The van der Waals surface area contributed by atoms with E-state index in [4.69, 9.17) is 10.3 Å². The molecule has 0 saturated heterocycles. The van der Waals surface area contributed by atoms with Crippen LogP contribution in [-0.2, 0) is 14.3 Å². The van der Waals surface area contributed by atoms with Crippen molar-refractivity contribution in [3.8, 4) is 0 Å². The van der Waals surface area contributed by atoms with Crippen LogP contribution in [0.5, 0.6) is 0 Å². The molecule has 1 atom stereocenters. The molecule has 0 aromatic heterocycles. The maximum Gasteiger partial charge on any atom is 0.337 e. The fraction of sp³-hybridized carbons (Fsp3) is 0.462. The minimum Gasteiger partial charge on any atom is -0.462 e. The first kappa shape index (κ1) is 14.8. The largest absolute Gasteiger partial charge is 0.462 e.